The third-order valence-corrected chi connectivity index (χ3v) is 32.0. The normalized spacial score (nSPS) is 20.4. The molecule has 0 spiro atoms. The first-order valence-electron chi connectivity index (χ1n) is 33.8. The molecule has 0 aromatic heterocycles. The minimum atomic E-state index is -0.989. The van der Waals surface area contributed by atoms with Crippen molar-refractivity contribution in [1.82, 2.24) is 0 Å². The van der Waals surface area contributed by atoms with Crippen LogP contribution < -0.4 is 42.4 Å². The maximum atomic E-state index is 12.4. The van der Waals surface area contributed by atoms with Gasteiger partial charge in [0.1, 0.15) is 0 Å². The van der Waals surface area contributed by atoms with Crippen LogP contribution in [0.3, 0.4) is 0 Å². The average Bonchev–Trinajstić information content (AvgIpc) is 1.85. The van der Waals surface area contributed by atoms with E-state index in [-0.39, 0.29) is 69.9 Å². The molecule has 0 bridgehead atoms. The molecular formula is C80H96AuO8P4+4. The molecule has 1 radical (unpaired) electrons. The van der Waals surface area contributed by atoms with Gasteiger partial charge in [-0.05, 0) is 202 Å². The third kappa shape index (κ3) is 20.1. The molecule has 8 aromatic rings. The second-order valence-electron chi connectivity index (χ2n) is 24.2. The van der Waals surface area contributed by atoms with Gasteiger partial charge >= 0.3 is 23.9 Å². The Morgan fingerprint density at radius 1 is 0.258 bits per heavy atom. The third-order valence-electron chi connectivity index (χ3n) is 18.6. The van der Waals surface area contributed by atoms with Gasteiger partial charge in [0.05, 0.1) is 147 Å². The number of carbonyl (C=O) groups is 4. The van der Waals surface area contributed by atoms with Crippen molar-refractivity contribution in [3.63, 3.8) is 0 Å². The van der Waals surface area contributed by atoms with Gasteiger partial charge in [0.25, 0.3) is 0 Å². The molecule has 4 aliphatic rings. The van der Waals surface area contributed by atoms with Gasteiger partial charge in [-0.15, -0.1) is 0 Å². The molecule has 8 nitrogen and oxygen atoms in total. The van der Waals surface area contributed by atoms with Gasteiger partial charge in [-0.2, -0.15) is 0 Å². The number of ether oxygens (including phenoxy) is 4. The molecule has 8 atom stereocenters. The summed E-state index contributed by atoms with van der Waals surface area (Å²) in [6, 6.07) is 85.8. The van der Waals surface area contributed by atoms with Crippen LogP contribution in [0.5, 0.6) is 0 Å². The summed E-state index contributed by atoms with van der Waals surface area (Å²) in [7, 11) is -3.96. The SMILES string of the molecule is CCOC(=O)C1CCC[C@@H]1[PH+](c1ccccc1)c1ccccc1.CCOC(=O)C1CCC[C@@H]1[PH+](c1ccccc1)c1ccccc1.CCOC(=O)C1CCC[C@H]1[PH+](c1ccccc1)c1ccccc1.CCOC(=O)C1CCC[C@H]1[PH+](c1ccccc1)c1ccccc1.[Au]. The topological polar surface area (TPSA) is 105 Å². The smallest absolute Gasteiger partial charge is 0.312 e. The van der Waals surface area contributed by atoms with Crippen molar-refractivity contribution in [1.29, 1.82) is 0 Å². The van der Waals surface area contributed by atoms with Gasteiger partial charge in [0.2, 0.25) is 0 Å². The Bertz CT molecular complexity index is 2820. The monoisotopic (exact) mass is 1510 g/mol. The summed E-state index contributed by atoms with van der Waals surface area (Å²) in [5.74, 6) is 0.254. The molecule has 4 saturated carbocycles. The van der Waals surface area contributed by atoms with Crippen LogP contribution in [-0.4, -0.2) is 72.9 Å². The minimum absolute atomic E-state index is 0. The van der Waals surface area contributed by atoms with Crippen molar-refractivity contribution in [3.8, 4) is 0 Å². The molecule has 0 aliphatic heterocycles. The molecule has 12 rings (SSSR count). The van der Waals surface area contributed by atoms with E-state index in [9.17, 15) is 19.2 Å². The number of hydrogen-bond donors (Lipinski definition) is 0. The van der Waals surface area contributed by atoms with Gasteiger partial charge in [-0.25, -0.2) is 0 Å². The van der Waals surface area contributed by atoms with Crippen LogP contribution in [-0.2, 0) is 60.5 Å². The fourth-order valence-electron chi connectivity index (χ4n) is 14.7. The Kier molecular flexibility index (Phi) is 30.7. The van der Waals surface area contributed by atoms with E-state index in [4.69, 9.17) is 18.9 Å². The van der Waals surface area contributed by atoms with Crippen LogP contribution >= 0.6 is 31.7 Å². The van der Waals surface area contributed by atoms with E-state index in [2.05, 4.69) is 243 Å². The Hall–Kier alpha value is -5.90. The van der Waals surface area contributed by atoms with E-state index in [0.717, 1.165) is 77.0 Å². The van der Waals surface area contributed by atoms with Gasteiger partial charge in [-0.1, -0.05) is 146 Å². The summed E-state index contributed by atoms with van der Waals surface area (Å²) in [5, 5.41) is 11.1. The van der Waals surface area contributed by atoms with E-state index >= 15 is 0 Å². The molecule has 4 unspecified atom stereocenters. The van der Waals surface area contributed by atoms with E-state index in [1.165, 1.54) is 42.4 Å². The zero-order valence-corrected chi connectivity index (χ0v) is 60.8. The Balaban J connectivity index is 0.000000159. The molecule has 0 N–H and O–H groups in total. The fraction of sp³-hybridized carbons (Fsp3) is 0.350. The predicted molar refractivity (Wildman–Crippen MR) is 393 cm³/mol. The zero-order chi connectivity index (χ0) is 64.3. The fourth-order valence-corrected chi connectivity index (χ4v) is 28.6. The summed E-state index contributed by atoms with van der Waals surface area (Å²) in [6.07, 6.45) is 12.9. The summed E-state index contributed by atoms with van der Waals surface area (Å²) in [5.41, 5.74) is 1.68. The number of benzene rings is 8. The Morgan fingerprint density at radius 3 is 0.527 bits per heavy atom. The van der Waals surface area contributed by atoms with Crippen molar-refractivity contribution in [2.75, 3.05) is 26.4 Å². The maximum absolute atomic E-state index is 12.4. The number of esters is 4. The first-order valence-corrected chi connectivity index (χ1v) is 40.1. The molecule has 93 heavy (non-hydrogen) atoms. The quantitative estimate of drug-likeness (QED) is 0.0322. The largest absolute Gasteiger partial charge is 0.466 e. The summed E-state index contributed by atoms with van der Waals surface area (Å²) >= 11 is 0. The van der Waals surface area contributed by atoms with Gasteiger partial charge < -0.3 is 18.9 Å². The Labute approximate surface area is 574 Å². The molecule has 13 heteroatoms. The standard InChI is InChI=1S/4C20H23O2P.Au/c4*1-2-22-20(21)18-14-9-15-19(18)23(16-10-5-3-6-11-16)17-12-7-4-8-13-17;/h4*3-8,10-13,18-19H,2,9,14-15H2,1H3;/p+4/t4*18?,19-;/m1100./s1. The molecule has 0 heterocycles. The van der Waals surface area contributed by atoms with E-state index < -0.39 is 31.7 Å². The maximum Gasteiger partial charge on any atom is 0.312 e. The molecule has 0 amide bonds. The molecule has 4 aliphatic carbocycles. The van der Waals surface area contributed by atoms with Crippen LogP contribution in [0.4, 0.5) is 0 Å². The van der Waals surface area contributed by atoms with Crippen LogP contribution in [0.1, 0.15) is 105 Å². The average molecular weight is 1510 g/mol. The van der Waals surface area contributed by atoms with Crippen molar-refractivity contribution < 1.29 is 60.5 Å². The van der Waals surface area contributed by atoms with Gasteiger partial charge in [0, 0.05) is 22.4 Å². The molecule has 8 aromatic carbocycles. The van der Waals surface area contributed by atoms with Crippen LogP contribution in [0.2, 0.25) is 0 Å². The van der Waals surface area contributed by atoms with Crippen LogP contribution in [0.25, 0.3) is 0 Å². The zero-order valence-electron chi connectivity index (χ0n) is 54.6. The van der Waals surface area contributed by atoms with Crippen LogP contribution in [0.15, 0.2) is 243 Å². The van der Waals surface area contributed by atoms with Crippen molar-refractivity contribution >= 4 is 98.0 Å². The minimum Gasteiger partial charge on any atom is -0.466 e. The second-order valence-corrected chi connectivity index (χ2v) is 35.1. The second kappa shape index (κ2) is 39.2. The molecular weight excluding hydrogens is 1410 g/mol. The van der Waals surface area contributed by atoms with Gasteiger partial charge in [-0.3, -0.25) is 19.2 Å². The van der Waals surface area contributed by atoms with Crippen LogP contribution in [0, 0.1) is 23.7 Å². The number of hydrogen-bond acceptors (Lipinski definition) is 8. The van der Waals surface area contributed by atoms with Crippen molar-refractivity contribution in [3.05, 3.63) is 243 Å². The van der Waals surface area contributed by atoms with Gasteiger partial charge in [0.15, 0.2) is 0 Å². The first kappa shape index (κ1) is 72.9. The molecule has 491 valence electrons. The summed E-state index contributed by atoms with van der Waals surface area (Å²) in [4.78, 5) is 49.7. The first-order chi connectivity index (χ1) is 45.2. The summed E-state index contributed by atoms with van der Waals surface area (Å²) < 4.78 is 21.4. The number of carbonyl (C=O) groups excluding carboxylic acids is 4. The molecule has 0 saturated heterocycles. The van der Waals surface area contributed by atoms with Crippen molar-refractivity contribution in [2.24, 2.45) is 23.7 Å². The van der Waals surface area contributed by atoms with E-state index in [1.54, 1.807) is 0 Å². The number of rotatable bonds is 20. The summed E-state index contributed by atoms with van der Waals surface area (Å²) in [6.45, 7) is 9.46. The van der Waals surface area contributed by atoms with E-state index in [1.807, 2.05) is 27.7 Å². The Morgan fingerprint density at radius 2 is 0.398 bits per heavy atom. The van der Waals surface area contributed by atoms with E-state index in [0.29, 0.717) is 49.1 Å². The predicted octanol–water partition coefficient (Wildman–Crippen LogP) is 14.3. The molecule has 4 fully saturated rings. The van der Waals surface area contributed by atoms with Crippen molar-refractivity contribution in [2.45, 2.75) is 127 Å².